The Morgan fingerprint density at radius 3 is 2.68 bits per heavy atom. The average molecular weight is 386 g/mol. The summed E-state index contributed by atoms with van der Waals surface area (Å²) in [5.74, 6) is -1.93. The number of nitrogens with one attached hydrogen (secondary N) is 4. The van der Waals surface area contributed by atoms with Gasteiger partial charge in [-0.25, -0.2) is 4.79 Å². The molecule has 1 aromatic heterocycles. The van der Waals surface area contributed by atoms with E-state index in [-0.39, 0.29) is 18.7 Å². The van der Waals surface area contributed by atoms with E-state index in [1.165, 1.54) is 7.11 Å². The van der Waals surface area contributed by atoms with Crippen molar-refractivity contribution in [2.24, 2.45) is 0 Å². The Morgan fingerprint density at radius 2 is 1.93 bits per heavy atom. The number of H-pyrrole nitrogens is 1. The highest BCUT2D eigenvalue weighted by Crippen LogP contribution is 2.19. The van der Waals surface area contributed by atoms with Gasteiger partial charge >= 0.3 is 5.97 Å². The fraction of sp³-hybridized carbons (Fsp3) is 0.368. The number of carbonyl (C=O) groups is 4. The summed E-state index contributed by atoms with van der Waals surface area (Å²) in [7, 11) is 1.24. The number of amides is 3. The number of hydrogen-bond donors (Lipinski definition) is 4. The molecule has 0 radical (unpaired) electrons. The van der Waals surface area contributed by atoms with E-state index in [2.05, 4.69) is 20.9 Å². The van der Waals surface area contributed by atoms with Gasteiger partial charge in [0.1, 0.15) is 18.1 Å². The van der Waals surface area contributed by atoms with Crippen LogP contribution in [0.4, 0.5) is 0 Å². The van der Waals surface area contributed by atoms with Crippen molar-refractivity contribution in [2.45, 2.75) is 37.9 Å². The standard InChI is InChI=1S/C19H22N4O5/c1-10-17(25)23-14(18(26)21-10)8-16(24)22-15(19(27)28-2)7-11-9-20-13-6-4-3-5-12(11)13/h3-6,9-10,14-15,20H,7-8H2,1-2H3,(H,21,26)(H,22,24)(H,23,25)/t10-,14-,15-/m0/s1. The number of fused-ring (bicyclic) bond motifs is 1. The second-order valence-electron chi connectivity index (χ2n) is 6.70. The normalized spacial score (nSPS) is 20.2. The third-order valence-electron chi connectivity index (χ3n) is 4.69. The highest BCUT2D eigenvalue weighted by molar-refractivity contribution is 5.99. The Labute approximate surface area is 161 Å². The monoisotopic (exact) mass is 386 g/mol. The van der Waals surface area contributed by atoms with Crippen molar-refractivity contribution < 1.29 is 23.9 Å². The van der Waals surface area contributed by atoms with Crippen LogP contribution in [0.2, 0.25) is 0 Å². The van der Waals surface area contributed by atoms with Crippen molar-refractivity contribution >= 4 is 34.6 Å². The van der Waals surface area contributed by atoms with E-state index in [0.29, 0.717) is 0 Å². The summed E-state index contributed by atoms with van der Waals surface area (Å²) in [6.45, 7) is 1.55. The van der Waals surface area contributed by atoms with E-state index in [4.69, 9.17) is 4.74 Å². The zero-order valence-corrected chi connectivity index (χ0v) is 15.6. The number of carbonyl (C=O) groups excluding carboxylic acids is 4. The van der Waals surface area contributed by atoms with E-state index in [0.717, 1.165) is 16.5 Å². The molecule has 148 valence electrons. The number of ether oxygens (including phenoxy) is 1. The van der Waals surface area contributed by atoms with Gasteiger partial charge in [0.15, 0.2) is 0 Å². The van der Waals surface area contributed by atoms with Gasteiger partial charge in [-0.1, -0.05) is 18.2 Å². The highest BCUT2D eigenvalue weighted by Gasteiger charge is 2.33. The molecular formula is C19H22N4O5. The first-order valence-electron chi connectivity index (χ1n) is 8.92. The molecule has 0 unspecified atom stereocenters. The van der Waals surface area contributed by atoms with Gasteiger partial charge in [0, 0.05) is 23.5 Å². The smallest absolute Gasteiger partial charge is 0.328 e. The topological polar surface area (TPSA) is 129 Å². The summed E-state index contributed by atoms with van der Waals surface area (Å²) in [6, 6.07) is 5.07. The quantitative estimate of drug-likeness (QED) is 0.509. The molecule has 0 aliphatic carbocycles. The van der Waals surface area contributed by atoms with Crippen molar-refractivity contribution in [2.75, 3.05) is 7.11 Å². The van der Waals surface area contributed by atoms with Gasteiger partial charge < -0.3 is 25.7 Å². The summed E-state index contributed by atoms with van der Waals surface area (Å²) >= 11 is 0. The van der Waals surface area contributed by atoms with Crippen LogP contribution in [-0.4, -0.2) is 53.9 Å². The third-order valence-corrected chi connectivity index (χ3v) is 4.69. The van der Waals surface area contributed by atoms with E-state index < -0.39 is 35.9 Å². The molecule has 1 fully saturated rings. The van der Waals surface area contributed by atoms with Gasteiger partial charge in [0.2, 0.25) is 17.7 Å². The molecule has 3 rings (SSSR count). The van der Waals surface area contributed by atoms with Gasteiger partial charge in [0.05, 0.1) is 13.5 Å². The van der Waals surface area contributed by atoms with Crippen molar-refractivity contribution in [1.29, 1.82) is 0 Å². The number of hydrogen-bond acceptors (Lipinski definition) is 5. The molecule has 4 N–H and O–H groups in total. The highest BCUT2D eigenvalue weighted by atomic mass is 16.5. The number of methoxy groups -OCH3 is 1. The van der Waals surface area contributed by atoms with E-state index in [1.54, 1.807) is 13.1 Å². The maximum Gasteiger partial charge on any atom is 0.328 e. The molecule has 0 bridgehead atoms. The van der Waals surface area contributed by atoms with Crippen molar-refractivity contribution in [3.8, 4) is 0 Å². The summed E-state index contributed by atoms with van der Waals surface area (Å²) in [6.07, 6.45) is 1.73. The first-order chi connectivity index (χ1) is 13.4. The second kappa shape index (κ2) is 8.12. The number of para-hydroxylation sites is 1. The predicted molar refractivity (Wildman–Crippen MR) is 100 cm³/mol. The van der Waals surface area contributed by atoms with Crippen LogP contribution in [0.5, 0.6) is 0 Å². The minimum absolute atomic E-state index is 0.225. The number of esters is 1. The molecule has 3 amide bonds. The van der Waals surface area contributed by atoms with Crippen LogP contribution in [0.3, 0.4) is 0 Å². The van der Waals surface area contributed by atoms with E-state index in [9.17, 15) is 19.2 Å². The number of aromatic amines is 1. The van der Waals surface area contributed by atoms with Gasteiger partial charge in [0.25, 0.3) is 0 Å². The Kier molecular flexibility index (Phi) is 5.62. The molecule has 1 aromatic carbocycles. The summed E-state index contributed by atoms with van der Waals surface area (Å²) in [5, 5.41) is 8.55. The number of benzene rings is 1. The Balaban J connectivity index is 1.69. The van der Waals surface area contributed by atoms with Crippen LogP contribution in [0.15, 0.2) is 30.5 Å². The zero-order valence-electron chi connectivity index (χ0n) is 15.6. The van der Waals surface area contributed by atoms with Crippen molar-refractivity contribution in [1.82, 2.24) is 20.9 Å². The number of aromatic nitrogens is 1. The zero-order chi connectivity index (χ0) is 20.3. The molecule has 9 nitrogen and oxygen atoms in total. The van der Waals surface area contributed by atoms with Crippen LogP contribution in [0.1, 0.15) is 18.9 Å². The Bertz CT molecular complexity index is 922. The van der Waals surface area contributed by atoms with Crippen molar-refractivity contribution in [3.63, 3.8) is 0 Å². The molecule has 1 aliphatic heterocycles. The third kappa shape index (κ3) is 4.13. The first-order valence-corrected chi connectivity index (χ1v) is 8.92. The minimum Gasteiger partial charge on any atom is -0.467 e. The first kappa shape index (κ1) is 19.4. The molecule has 2 aromatic rings. The SMILES string of the molecule is COC(=O)[C@H](Cc1c[nH]c2ccccc12)NC(=O)C[C@@H]1NC(=O)[C@H](C)NC1=O. The van der Waals surface area contributed by atoms with Crippen molar-refractivity contribution in [3.05, 3.63) is 36.0 Å². The fourth-order valence-electron chi connectivity index (χ4n) is 3.18. The molecule has 1 aliphatic rings. The van der Waals surface area contributed by atoms with E-state index in [1.807, 2.05) is 24.3 Å². The average Bonchev–Trinajstić information content (AvgIpc) is 3.08. The molecule has 2 heterocycles. The van der Waals surface area contributed by atoms with Crippen LogP contribution in [0, 0.1) is 0 Å². The summed E-state index contributed by atoms with van der Waals surface area (Å²) in [4.78, 5) is 51.4. The Morgan fingerprint density at radius 1 is 1.18 bits per heavy atom. The lowest BCUT2D eigenvalue weighted by atomic mass is 10.0. The maximum absolute atomic E-state index is 12.4. The van der Waals surface area contributed by atoms with Crippen LogP contribution < -0.4 is 16.0 Å². The Hall–Kier alpha value is -3.36. The van der Waals surface area contributed by atoms with Crippen LogP contribution >= 0.6 is 0 Å². The molecule has 0 saturated carbocycles. The van der Waals surface area contributed by atoms with Gasteiger partial charge in [-0.3, -0.25) is 14.4 Å². The largest absolute Gasteiger partial charge is 0.467 e. The van der Waals surface area contributed by atoms with Gasteiger partial charge in [-0.15, -0.1) is 0 Å². The predicted octanol–water partition coefficient (Wildman–Crippen LogP) is -0.239. The molecule has 1 saturated heterocycles. The lowest BCUT2D eigenvalue weighted by Crippen LogP contribution is -2.61. The number of rotatable bonds is 6. The van der Waals surface area contributed by atoms with Crippen LogP contribution in [-0.2, 0) is 30.3 Å². The maximum atomic E-state index is 12.4. The van der Waals surface area contributed by atoms with E-state index >= 15 is 0 Å². The lowest BCUT2D eigenvalue weighted by Gasteiger charge is -2.27. The summed E-state index contributed by atoms with van der Waals surface area (Å²) in [5.41, 5.74) is 1.77. The molecule has 28 heavy (non-hydrogen) atoms. The summed E-state index contributed by atoms with van der Waals surface area (Å²) < 4.78 is 4.80. The molecule has 3 atom stereocenters. The van der Waals surface area contributed by atoms with Gasteiger partial charge in [-0.2, -0.15) is 0 Å². The van der Waals surface area contributed by atoms with Gasteiger partial charge in [-0.05, 0) is 18.6 Å². The second-order valence-corrected chi connectivity index (χ2v) is 6.70. The molecular weight excluding hydrogens is 364 g/mol. The number of piperazine rings is 1. The minimum atomic E-state index is -0.977. The lowest BCUT2D eigenvalue weighted by molar-refractivity contribution is -0.145. The molecule has 0 spiro atoms. The molecule has 9 heteroatoms. The van der Waals surface area contributed by atoms with Crippen LogP contribution in [0.25, 0.3) is 10.9 Å². The fourth-order valence-corrected chi connectivity index (χ4v) is 3.18.